The molecule has 3 aromatic carbocycles. The summed E-state index contributed by atoms with van der Waals surface area (Å²) >= 11 is 0. The quantitative estimate of drug-likeness (QED) is 0.217. The van der Waals surface area contributed by atoms with Crippen molar-refractivity contribution in [2.75, 3.05) is 0 Å². The van der Waals surface area contributed by atoms with Gasteiger partial charge in [-0.05, 0) is 47.7 Å². The molecule has 0 amide bonds. The summed E-state index contributed by atoms with van der Waals surface area (Å²) in [5, 5.41) is 0.0169. The highest BCUT2D eigenvalue weighted by molar-refractivity contribution is 6.74. The van der Waals surface area contributed by atoms with Gasteiger partial charge in [0.15, 0.2) is 14.1 Å². The van der Waals surface area contributed by atoms with Crippen LogP contribution >= 0.6 is 0 Å². The third-order valence-electron chi connectivity index (χ3n) is 8.86. The number of hydrogen-bond acceptors (Lipinski definition) is 5. The lowest BCUT2D eigenvalue weighted by atomic mass is 9.82. The second-order valence-corrected chi connectivity index (χ2v) is 17.7. The van der Waals surface area contributed by atoms with E-state index in [1.54, 1.807) is 0 Å². The van der Waals surface area contributed by atoms with Crippen molar-refractivity contribution < 1.29 is 23.4 Å². The molecule has 0 radical (unpaired) electrons. The molecular weight excluding hydrogens is 528 g/mol. The Morgan fingerprint density at radius 2 is 1.17 bits per heavy atom. The topological polar surface area (TPSA) is 46.2 Å². The highest BCUT2D eigenvalue weighted by Crippen LogP contribution is 2.49. The van der Waals surface area contributed by atoms with E-state index in [9.17, 15) is 0 Å². The summed E-state index contributed by atoms with van der Waals surface area (Å²) in [5.41, 5.74) is 3.35. The zero-order valence-corrected chi connectivity index (χ0v) is 26.3. The predicted octanol–water partition coefficient (Wildman–Crippen LogP) is 8.04. The number of ether oxygens (including phenoxy) is 4. The molecule has 3 aromatic rings. The predicted molar refractivity (Wildman–Crippen MR) is 165 cm³/mol. The molecule has 41 heavy (non-hydrogen) atoms. The van der Waals surface area contributed by atoms with E-state index in [0.717, 1.165) is 36.0 Å². The van der Waals surface area contributed by atoms with Crippen molar-refractivity contribution in [3.63, 3.8) is 0 Å². The van der Waals surface area contributed by atoms with Crippen LogP contribution in [0, 0.1) is 0 Å². The molecule has 2 heterocycles. The standard InChI is InChI=1S/C35H46O5Si/c1-34(2,3)41(4,5)40-35-23-15-22-30(39-35)31(36-24-27-16-9-6-10-17-27)32(37-25-28-18-11-7-12-19-28)33(35)38-26-29-20-13-8-14-21-29/h6-14,16-21,30-33H,15,22-26H2,1-5H3/t30-,31+,32-,33+,35+/m0/s1. The molecule has 5 nitrogen and oxygen atoms in total. The van der Waals surface area contributed by atoms with Gasteiger partial charge in [0.05, 0.1) is 25.9 Å². The zero-order chi connectivity index (χ0) is 28.9. The van der Waals surface area contributed by atoms with Crippen LogP contribution in [0.1, 0.15) is 56.7 Å². The number of rotatable bonds is 11. The van der Waals surface area contributed by atoms with Crippen molar-refractivity contribution in [3.8, 4) is 0 Å². The van der Waals surface area contributed by atoms with Gasteiger partial charge in [0, 0.05) is 6.42 Å². The smallest absolute Gasteiger partial charge is 0.195 e. The third kappa shape index (κ3) is 7.19. The highest BCUT2D eigenvalue weighted by Gasteiger charge is 2.61. The van der Waals surface area contributed by atoms with Crippen LogP contribution in [0.25, 0.3) is 0 Å². The van der Waals surface area contributed by atoms with Gasteiger partial charge in [0.1, 0.15) is 18.3 Å². The van der Waals surface area contributed by atoms with Gasteiger partial charge in [-0.25, -0.2) is 0 Å². The Morgan fingerprint density at radius 1 is 0.707 bits per heavy atom. The third-order valence-corrected chi connectivity index (χ3v) is 13.3. The van der Waals surface area contributed by atoms with E-state index in [0.29, 0.717) is 19.8 Å². The second-order valence-electron chi connectivity index (χ2n) is 13.0. The van der Waals surface area contributed by atoms with Crippen molar-refractivity contribution in [1.82, 2.24) is 0 Å². The van der Waals surface area contributed by atoms with Crippen molar-refractivity contribution in [2.45, 2.75) is 108 Å². The van der Waals surface area contributed by atoms with Gasteiger partial charge in [-0.3, -0.25) is 0 Å². The maximum absolute atomic E-state index is 7.25. The monoisotopic (exact) mass is 574 g/mol. The van der Waals surface area contributed by atoms with Crippen LogP contribution in [0.5, 0.6) is 0 Å². The average molecular weight is 575 g/mol. The second kappa shape index (κ2) is 12.9. The maximum atomic E-state index is 7.25. The number of hydrogen-bond donors (Lipinski definition) is 0. The molecule has 5 rings (SSSR count). The van der Waals surface area contributed by atoms with Crippen LogP contribution in [0.2, 0.25) is 18.1 Å². The Bertz CT molecular complexity index is 1210. The molecule has 2 bridgehead atoms. The minimum Gasteiger partial charge on any atom is -0.388 e. The van der Waals surface area contributed by atoms with Gasteiger partial charge in [-0.15, -0.1) is 0 Å². The SMILES string of the molecule is CC(C)(C)[Si](C)(C)O[C@@]12CCC[C@H](O1)[C@@H](OCc1ccccc1)[C@H](OCc1ccccc1)[C@H]2OCc1ccccc1. The molecule has 0 spiro atoms. The Kier molecular flexibility index (Phi) is 9.49. The molecule has 2 aliphatic heterocycles. The van der Waals surface area contributed by atoms with Gasteiger partial charge >= 0.3 is 0 Å². The number of benzene rings is 3. The largest absolute Gasteiger partial charge is 0.388 e. The first-order chi connectivity index (χ1) is 19.7. The van der Waals surface area contributed by atoms with Crippen LogP contribution in [0.15, 0.2) is 91.0 Å². The lowest BCUT2D eigenvalue weighted by Crippen LogP contribution is -2.71. The van der Waals surface area contributed by atoms with Crippen molar-refractivity contribution in [2.24, 2.45) is 0 Å². The summed E-state index contributed by atoms with van der Waals surface area (Å²) in [6.45, 7) is 12.8. The summed E-state index contributed by atoms with van der Waals surface area (Å²) in [6.07, 6.45) is 1.39. The molecular formula is C35H46O5Si. The van der Waals surface area contributed by atoms with Gasteiger partial charge < -0.3 is 23.4 Å². The molecule has 220 valence electrons. The summed E-state index contributed by atoms with van der Waals surface area (Å²) in [6, 6.07) is 30.9. The van der Waals surface area contributed by atoms with Gasteiger partial charge in [-0.1, -0.05) is 112 Å². The van der Waals surface area contributed by atoms with E-state index < -0.39 is 20.2 Å². The van der Waals surface area contributed by atoms with Crippen molar-refractivity contribution >= 4 is 8.32 Å². The fourth-order valence-corrected chi connectivity index (χ4v) is 7.05. The summed E-state index contributed by atoms with van der Waals surface area (Å²) in [5.74, 6) is -0.894. The van der Waals surface area contributed by atoms with E-state index in [2.05, 4.69) is 70.3 Å². The fraction of sp³-hybridized carbons (Fsp3) is 0.486. The fourth-order valence-electron chi connectivity index (χ4n) is 5.62. The van der Waals surface area contributed by atoms with Crippen LogP contribution in [-0.2, 0) is 43.2 Å². The molecule has 6 heteroatoms. The Balaban J connectivity index is 1.50. The molecule has 0 saturated carbocycles. The van der Waals surface area contributed by atoms with E-state index in [1.165, 1.54) is 0 Å². The first-order valence-corrected chi connectivity index (χ1v) is 17.9. The van der Waals surface area contributed by atoms with E-state index >= 15 is 0 Å². The molecule has 2 fully saturated rings. The first-order valence-electron chi connectivity index (χ1n) is 15.0. The Morgan fingerprint density at radius 3 is 1.66 bits per heavy atom. The minimum atomic E-state index is -2.24. The summed E-state index contributed by atoms with van der Waals surface area (Å²) < 4.78 is 34.7. The Labute approximate surface area is 247 Å². The normalized spacial score (nSPS) is 26.6. The van der Waals surface area contributed by atoms with E-state index in [-0.39, 0.29) is 23.4 Å². The van der Waals surface area contributed by atoms with Crippen LogP contribution < -0.4 is 0 Å². The van der Waals surface area contributed by atoms with Gasteiger partial charge in [-0.2, -0.15) is 0 Å². The van der Waals surface area contributed by atoms with E-state index in [1.807, 2.05) is 54.6 Å². The first kappa shape index (κ1) is 30.1. The van der Waals surface area contributed by atoms with Crippen LogP contribution in [0.3, 0.4) is 0 Å². The van der Waals surface area contributed by atoms with Gasteiger partial charge in [0.2, 0.25) is 0 Å². The van der Waals surface area contributed by atoms with Crippen molar-refractivity contribution in [3.05, 3.63) is 108 Å². The summed E-state index contributed by atoms with van der Waals surface area (Å²) in [4.78, 5) is 0. The highest BCUT2D eigenvalue weighted by atomic mass is 28.4. The lowest BCUT2D eigenvalue weighted by Gasteiger charge is -2.58. The maximum Gasteiger partial charge on any atom is 0.195 e. The van der Waals surface area contributed by atoms with Crippen molar-refractivity contribution in [1.29, 1.82) is 0 Å². The molecule has 0 unspecified atom stereocenters. The Hall–Kier alpha value is -2.32. The average Bonchev–Trinajstić information content (AvgIpc) is 2.96. The molecule has 0 aliphatic carbocycles. The summed E-state index contributed by atoms with van der Waals surface area (Å²) in [7, 11) is -2.24. The van der Waals surface area contributed by atoms with Gasteiger partial charge in [0.25, 0.3) is 0 Å². The molecule has 0 aromatic heterocycles. The van der Waals surface area contributed by atoms with Crippen LogP contribution in [-0.4, -0.2) is 38.5 Å². The molecule has 5 atom stereocenters. The molecule has 0 N–H and O–H groups in total. The van der Waals surface area contributed by atoms with Crippen LogP contribution in [0.4, 0.5) is 0 Å². The lowest BCUT2D eigenvalue weighted by molar-refractivity contribution is -0.374. The molecule has 2 saturated heterocycles. The zero-order valence-electron chi connectivity index (χ0n) is 25.3. The van der Waals surface area contributed by atoms with E-state index in [4.69, 9.17) is 23.4 Å². The minimum absolute atomic E-state index is 0.0169. The molecule has 2 aliphatic rings. The number of fused-ring (bicyclic) bond motifs is 2.